The van der Waals surface area contributed by atoms with Gasteiger partial charge in [-0.15, -0.1) is 20.4 Å². The first-order valence-corrected chi connectivity index (χ1v) is 6.23. The van der Waals surface area contributed by atoms with Crippen LogP contribution in [0.25, 0.3) is 5.95 Å². The first-order chi connectivity index (χ1) is 9.07. The largest absolute Gasteiger partial charge is 0.331 e. The molecule has 1 aliphatic heterocycles. The van der Waals surface area contributed by atoms with Gasteiger partial charge in [0.05, 0.1) is 17.3 Å². The van der Waals surface area contributed by atoms with Crippen LogP contribution in [0.15, 0.2) is 6.07 Å². The van der Waals surface area contributed by atoms with Gasteiger partial charge in [-0.1, -0.05) is 0 Å². The van der Waals surface area contributed by atoms with Gasteiger partial charge < -0.3 is 10.6 Å². The van der Waals surface area contributed by atoms with Crippen molar-refractivity contribution in [2.24, 2.45) is 5.73 Å². The van der Waals surface area contributed by atoms with Crippen LogP contribution in [-0.2, 0) is 0 Å². The fraction of sp³-hybridized carbons (Fsp3) is 0.545. The van der Waals surface area contributed by atoms with Gasteiger partial charge in [0.1, 0.15) is 0 Å². The predicted octanol–water partition coefficient (Wildman–Crippen LogP) is -0.641. The molecule has 3 heterocycles. The quantitative estimate of drug-likeness (QED) is 0.764. The van der Waals surface area contributed by atoms with Crippen molar-refractivity contribution in [3.63, 3.8) is 0 Å². The van der Waals surface area contributed by atoms with Crippen LogP contribution in [0, 0.1) is 13.8 Å². The molecule has 1 unspecified atom stereocenters. The van der Waals surface area contributed by atoms with Gasteiger partial charge in [-0.2, -0.15) is 5.10 Å². The Kier molecular flexibility index (Phi) is 1.86. The minimum absolute atomic E-state index is 0.00227. The van der Waals surface area contributed by atoms with Crippen LogP contribution in [0.1, 0.15) is 17.8 Å². The summed E-state index contributed by atoms with van der Waals surface area (Å²) < 4.78 is 1.64. The van der Waals surface area contributed by atoms with E-state index < -0.39 is 0 Å². The highest BCUT2D eigenvalue weighted by atomic mass is 15.5. The van der Waals surface area contributed by atoms with E-state index in [1.54, 1.807) is 4.68 Å². The molecule has 1 saturated heterocycles. The molecule has 1 saturated carbocycles. The number of nitrogens with zero attached hydrogens (tertiary/aromatic N) is 7. The highest BCUT2D eigenvalue weighted by Gasteiger charge is 2.65. The molecule has 0 radical (unpaired) electrons. The van der Waals surface area contributed by atoms with Gasteiger partial charge in [0.2, 0.25) is 0 Å². The third kappa shape index (κ3) is 1.46. The Balaban J connectivity index is 1.61. The molecule has 19 heavy (non-hydrogen) atoms. The molecule has 8 nitrogen and oxygen atoms in total. The van der Waals surface area contributed by atoms with Crippen LogP contribution >= 0.6 is 0 Å². The van der Waals surface area contributed by atoms with Gasteiger partial charge in [0, 0.05) is 12.2 Å². The summed E-state index contributed by atoms with van der Waals surface area (Å²) in [6.07, 6.45) is 1.01. The first kappa shape index (κ1) is 10.8. The molecule has 98 valence electrons. The van der Waals surface area contributed by atoms with E-state index in [0.29, 0.717) is 17.9 Å². The summed E-state index contributed by atoms with van der Waals surface area (Å²) >= 11 is 0. The topological polar surface area (TPSA) is 98.6 Å². The van der Waals surface area contributed by atoms with E-state index >= 15 is 0 Å². The molecule has 0 aromatic carbocycles. The molecule has 0 spiro atoms. The average molecular weight is 258 g/mol. The SMILES string of the molecule is Cc1cc(C)n(-c2nnc(N3C[C@]4(N)CC34)nn2)n1. The van der Waals surface area contributed by atoms with Crippen molar-refractivity contribution >= 4 is 5.95 Å². The van der Waals surface area contributed by atoms with E-state index in [-0.39, 0.29) is 5.54 Å². The summed E-state index contributed by atoms with van der Waals surface area (Å²) in [4.78, 5) is 2.05. The minimum atomic E-state index is -0.00227. The molecule has 2 N–H and O–H groups in total. The maximum absolute atomic E-state index is 6.01. The summed E-state index contributed by atoms with van der Waals surface area (Å²) in [5, 5.41) is 20.7. The third-order valence-corrected chi connectivity index (χ3v) is 3.83. The zero-order valence-electron chi connectivity index (χ0n) is 10.8. The number of anilines is 1. The van der Waals surface area contributed by atoms with E-state index in [2.05, 4.69) is 25.5 Å². The van der Waals surface area contributed by atoms with E-state index in [1.165, 1.54) is 0 Å². The fourth-order valence-electron chi connectivity index (χ4n) is 2.67. The Morgan fingerprint density at radius 1 is 1.21 bits per heavy atom. The lowest BCUT2D eigenvalue weighted by molar-refractivity contribution is 0.491. The minimum Gasteiger partial charge on any atom is -0.331 e. The summed E-state index contributed by atoms with van der Waals surface area (Å²) in [6, 6.07) is 2.33. The molecule has 0 amide bonds. The van der Waals surface area contributed by atoms with Crippen LogP contribution in [-0.4, -0.2) is 48.3 Å². The van der Waals surface area contributed by atoms with Gasteiger partial charge in [0.15, 0.2) is 0 Å². The first-order valence-electron chi connectivity index (χ1n) is 6.23. The Morgan fingerprint density at radius 2 is 1.89 bits per heavy atom. The Hall–Kier alpha value is -2.09. The Bertz CT molecular complexity index is 647. The van der Waals surface area contributed by atoms with Crippen molar-refractivity contribution < 1.29 is 0 Å². The van der Waals surface area contributed by atoms with E-state index in [1.807, 2.05) is 24.8 Å². The average Bonchev–Trinajstić information content (AvgIpc) is 2.75. The zero-order chi connectivity index (χ0) is 13.2. The Labute approximate surface area is 109 Å². The van der Waals surface area contributed by atoms with Crippen molar-refractivity contribution in [1.29, 1.82) is 0 Å². The van der Waals surface area contributed by atoms with Crippen LogP contribution in [0.3, 0.4) is 0 Å². The molecule has 2 fully saturated rings. The van der Waals surface area contributed by atoms with E-state index in [0.717, 1.165) is 24.4 Å². The van der Waals surface area contributed by atoms with Crippen molar-refractivity contribution in [2.75, 3.05) is 11.4 Å². The molecular formula is C11H14N8. The summed E-state index contributed by atoms with van der Waals surface area (Å²) in [5.41, 5.74) is 7.89. The van der Waals surface area contributed by atoms with Gasteiger partial charge in [-0.3, -0.25) is 0 Å². The lowest BCUT2D eigenvalue weighted by atomic mass is 10.1. The van der Waals surface area contributed by atoms with Gasteiger partial charge in [-0.05, 0) is 26.3 Å². The normalized spacial score (nSPS) is 27.9. The van der Waals surface area contributed by atoms with Crippen LogP contribution in [0.4, 0.5) is 5.95 Å². The number of hydrogen-bond donors (Lipinski definition) is 1. The fourth-order valence-corrected chi connectivity index (χ4v) is 2.67. The maximum atomic E-state index is 6.01. The highest BCUT2D eigenvalue weighted by Crippen LogP contribution is 2.49. The molecule has 8 heteroatoms. The van der Waals surface area contributed by atoms with Crippen molar-refractivity contribution in [1.82, 2.24) is 30.2 Å². The third-order valence-electron chi connectivity index (χ3n) is 3.83. The second-order valence-corrected chi connectivity index (χ2v) is 5.42. The maximum Gasteiger partial charge on any atom is 0.289 e. The number of aromatic nitrogens is 6. The zero-order valence-corrected chi connectivity index (χ0v) is 10.8. The molecule has 2 aromatic heterocycles. The van der Waals surface area contributed by atoms with Crippen molar-refractivity contribution in [3.8, 4) is 5.95 Å². The number of aryl methyl sites for hydroxylation is 2. The lowest BCUT2D eigenvalue weighted by Crippen LogP contribution is -2.56. The molecule has 2 aromatic rings. The summed E-state index contributed by atoms with van der Waals surface area (Å²) in [5.74, 6) is 0.943. The smallest absolute Gasteiger partial charge is 0.289 e. The second-order valence-electron chi connectivity index (χ2n) is 5.42. The van der Waals surface area contributed by atoms with Crippen molar-refractivity contribution in [2.45, 2.75) is 31.8 Å². The Morgan fingerprint density at radius 3 is 2.37 bits per heavy atom. The van der Waals surface area contributed by atoms with Gasteiger partial charge in [0.25, 0.3) is 11.9 Å². The monoisotopic (exact) mass is 258 g/mol. The van der Waals surface area contributed by atoms with E-state index in [4.69, 9.17) is 5.73 Å². The summed E-state index contributed by atoms with van der Waals surface area (Å²) in [7, 11) is 0. The highest BCUT2D eigenvalue weighted by molar-refractivity contribution is 5.49. The molecule has 2 atom stereocenters. The number of rotatable bonds is 2. The number of hydrogen-bond acceptors (Lipinski definition) is 7. The lowest BCUT2D eigenvalue weighted by Gasteiger charge is -2.35. The van der Waals surface area contributed by atoms with Crippen molar-refractivity contribution in [3.05, 3.63) is 17.5 Å². The number of nitrogens with two attached hydrogens (primary N) is 1. The molecule has 2 aliphatic rings. The number of fused-ring (bicyclic) bond motifs is 1. The molecular weight excluding hydrogens is 244 g/mol. The standard InChI is InChI=1S/C11H14N8/c1-6-3-7(2)19(17-6)10-15-13-9(14-16-10)18-5-11(12)4-8(11)18/h3,8H,4-5,12H2,1-2H3/t8?,11-/m1/s1. The predicted molar refractivity (Wildman–Crippen MR) is 66.9 cm³/mol. The van der Waals surface area contributed by atoms with Crippen LogP contribution in [0.5, 0.6) is 0 Å². The van der Waals surface area contributed by atoms with Crippen LogP contribution in [0.2, 0.25) is 0 Å². The molecule has 0 bridgehead atoms. The van der Waals surface area contributed by atoms with E-state index in [9.17, 15) is 0 Å². The molecule has 1 aliphatic carbocycles. The summed E-state index contributed by atoms with van der Waals surface area (Å²) in [6.45, 7) is 4.66. The molecule has 4 rings (SSSR count). The van der Waals surface area contributed by atoms with Crippen LogP contribution < -0.4 is 10.6 Å². The van der Waals surface area contributed by atoms with Gasteiger partial charge in [-0.25, -0.2) is 4.68 Å². The van der Waals surface area contributed by atoms with Gasteiger partial charge >= 0.3 is 0 Å². The second kappa shape index (κ2) is 3.27.